The number of hydrogen-bond acceptors (Lipinski definition) is 5. The van der Waals surface area contributed by atoms with E-state index in [-0.39, 0.29) is 6.61 Å². The van der Waals surface area contributed by atoms with Gasteiger partial charge >= 0.3 is 5.97 Å². The number of esters is 1. The van der Waals surface area contributed by atoms with Crippen LogP contribution < -0.4 is 10.5 Å². The van der Waals surface area contributed by atoms with Crippen LogP contribution in [0.5, 0.6) is 5.75 Å². The molecule has 1 heterocycles. The van der Waals surface area contributed by atoms with Gasteiger partial charge in [-0.3, -0.25) is 4.68 Å². The van der Waals surface area contributed by atoms with Gasteiger partial charge in [-0.2, -0.15) is 5.10 Å². The lowest BCUT2D eigenvalue weighted by Gasteiger charge is -2.07. The van der Waals surface area contributed by atoms with Gasteiger partial charge in [-0.1, -0.05) is 0 Å². The minimum Gasteiger partial charge on any atom is -0.495 e. The van der Waals surface area contributed by atoms with Crippen molar-refractivity contribution in [2.45, 2.75) is 6.61 Å². The van der Waals surface area contributed by atoms with E-state index >= 15 is 0 Å². The highest BCUT2D eigenvalue weighted by Crippen LogP contribution is 2.22. The van der Waals surface area contributed by atoms with E-state index in [4.69, 9.17) is 15.2 Å². The molecule has 0 aliphatic carbocycles. The summed E-state index contributed by atoms with van der Waals surface area (Å²) in [5, 5.41) is 4.12. The van der Waals surface area contributed by atoms with Crippen LogP contribution in [0.2, 0.25) is 0 Å². The molecule has 0 radical (unpaired) electrons. The molecule has 0 aliphatic heterocycles. The molecule has 6 heteroatoms. The van der Waals surface area contributed by atoms with Gasteiger partial charge in [0.2, 0.25) is 0 Å². The zero-order valence-corrected chi connectivity index (χ0v) is 10.8. The van der Waals surface area contributed by atoms with Crippen molar-refractivity contribution in [3.8, 4) is 5.75 Å². The Morgan fingerprint density at radius 1 is 1.42 bits per heavy atom. The van der Waals surface area contributed by atoms with E-state index in [9.17, 15) is 4.79 Å². The van der Waals surface area contributed by atoms with Crippen LogP contribution in [0, 0.1) is 0 Å². The van der Waals surface area contributed by atoms with Gasteiger partial charge in [0.1, 0.15) is 12.4 Å². The van der Waals surface area contributed by atoms with E-state index in [1.54, 1.807) is 36.1 Å². The number of carbonyl (C=O) groups is 1. The maximum Gasteiger partial charge on any atom is 0.338 e. The van der Waals surface area contributed by atoms with Crippen LogP contribution in [0.25, 0.3) is 0 Å². The normalized spacial score (nSPS) is 10.2. The number of nitrogens with zero attached hydrogens (tertiary/aromatic N) is 2. The molecule has 0 aliphatic rings. The molecule has 6 nitrogen and oxygen atoms in total. The van der Waals surface area contributed by atoms with Gasteiger partial charge in [0, 0.05) is 13.2 Å². The van der Waals surface area contributed by atoms with Gasteiger partial charge in [-0.05, 0) is 24.3 Å². The van der Waals surface area contributed by atoms with Crippen molar-refractivity contribution in [2.24, 2.45) is 7.05 Å². The third-order valence-electron chi connectivity index (χ3n) is 2.59. The standard InChI is InChI=1S/C13H15N3O3/c1-16-6-5-10(15-16)8-19-13(17)9-3-4-12(18-2)11(14)7-9/h3-7H,8,14H2,1-2H3. The van der Waals surface area contributed by atoms with E-state index in [0.29, 0.717) is 22.7 Å². The quantitative estimate of drug-likeness (QED) is 0.664. The monoisotopic (exact) mass is 261 g/mol. The second-order valence-electron chi connectivity index (χ2n) is 4.01. The topological polar surface area (TPSA) is 79.4 Å². The second kappa shape index (κ2) is 5.43. The van der Waals surface area contributed by atoms with Gasteiger partial charge in [-0.15, -0.1) is 0 Å². The molecular weight excluding hydrogens is 246 g/mol. The molecule has 100 valence electrons. The average molecular weight is 261 g/mol. The average Bonchev–Trinajstić information content (AvgIpc) is 2.81. The third-order valence-corrected chi connectivity index (χ3v) is 2.59. The third kappa shape index (κ3) is 3.04. The Balaban J connectivity index is 2.01. The summed E-state index contributed by atoms with van der Waals surface area (Å²) in [5.41, 5.74) is 7.21. The molecular formula is C13H15N3O3. The molecule has 0 saturated carbocycles. The van der Waals surface area contributed by atoms with Crippen LogP contribution in [-0.2, 0) is 18.4 Å². The van der Waals surface area contributed by atoms with Crippen molar-refractivity contribution < 1.29 is 14.3 Å². The molecule has 0 atom stereocenters. The van der Waals surface area contributed by atoms with E-state index in [1.807, 2.05) is 0 Å². The number of anilines is 1. The number of hydrogen-bond donors (Lipinski definition) is 1. The number of carbonyl (C=O) groups excluding carboxylic acids is 1. The summed E-state index contributed by atoms with van der Waals surface area (Å²) >= 11 is 0. The van der Waals surface area contributed by atoms with E-state index in [0.717, 1.165) is 0 Å². The lowest BCUT2D eigenvalue weighted by atomic mass is 10.2. The summed E-state index contributed by atoms with van der Waals surface area (Å²) in [6.07, 6.45) is 1.79. The fourth-order valence-electron chi connectivity index (χ4n) is 1.62. The van der Waals surface area contributed by atoms with Gasteiger partial charge in [0.05, 0.1) is 24.1 Å². The Morgan fingerprint density at radius 2 is 2.21 bits per heavy atom. The summed E-state index contributed by atoms with van der Waals surface area (Å²) in [7, 11) is 3.32. The summed E-state index contributed by atoms with van der Waals surface area (Å²) in [5.74, 6) is 0.0845. The first kappa shape index (κ1) is 12.9. The molecule has 2 N–H and O–H groups in total. The predicted octanol–water partition coefficient (Wildman–Crippen LogP) is 1.37. The molecule has 0 bridgehead atoms. The highest BCUT2D eigenvalue weighted by Gasteiger charge is 2.10. The van der Waals surface area contributed by atoms with E-state index < -0.39 is 5.97 Å². The minimum absolute atomic E-state index is 0.131. The Hall–Kier alpha value is -2.50. The zero-order chi connectivity index (χ0) is 13.8. The molecule has 0 spiro atoms. The summed E-state index contributed by atoms with van der Waals surface area (Å²) in [4.78, 5) is 11.8. The van der Waals surface area contributed by atoms with Crippen LogP contribution in [0.4, 0.5) is 5.69 Å². The van der Waals surface area contributed by atoms with E-state index in [2.05, 4.69) is 5.10 Å². The number of methoxy groups -OCH3 is 1. The van der Waals surface area contributed by atoms with Gasteiger partial charge in [-0.25, -0.2) is 4.79 Å². The molecule has 2 rings (SSSR count). The fourth-order valence-corrected chi connectivity index (χ4v) is 1.62. The van der Waals surface area contributed by atoms with Crippen molar-refractivity contribution in [3.05, 3.63) is 41.7 Å². The molecule has 2 aromatic rings. The van der Waals surface area contributed by atoms with Gasteiger partial charge in [0.15, 0.2) is 0 Å². The fraction of sp³-hybridized carbons (Fsp3) is 0.231. The minimum atomic E-state index is -0.444. The highest BCUT2D eigenvalue weighted by atomic mass is 16.5. The van der Waals surface area contributed by atoms with Gasteiger partial charge < -0.3 is 15.2 Å². The first-order valence-electron chi connectivity index (χ1n) is 5.69. The Bertz CT molecular complexity index is 593. The largest absolute Gasteiger partial charge is 0.495 e. The van der Waals surface area contributed by atoms with Crippen LogP contribution in [0.3, 0.4) is 0 Å². The maximum absolute atomic E-state index is 11.8. The molecule has 0 amide bonds. The molecule has 0 saturated heterocycles. The lowest BCUT2D eigenvalue weighted by molar-refractivity contribution is 0.0467. The zero-order valence-electron chi connectivity index (χ0n) is 10.8. The van der Waals surface area contributed by atoms with Crippen molar-refractivity contribution >= 4 is 11.7 Å². The van der Waals surface area contributed by atoms with Crippen molar-refractivity contribution in [1.82, 2.24) is 9.78 Å². The molecule has 19 heavy (non-hydrogen) atoms. The molecule has 0 unspecified atom stereocenters. The first-order valence-corrected chi connectivity index (χ1v) is 5.69. The summed E-state index contributed by atoms with van der Waals surface area (Å²) in [6, 6.07) is 6.55. The Morgan fingerprint density at radius 3 is 2.79 bits per heavy atom. The van der Waals surface area contributed by atoms with Gasteiger partial charge in [0.25, 0.3) is 0 Å². The van der Waals surface area contributed by atoms with Crippen LogP contribution >= 0.6 is 0 Å². The van der Waals surface area contributed by atoms with E-state index in [1.165, 1.54) is 13.2 Å². The molecule has 1 aromatic heterocycles. The number of nitrogens with two attached hydrogens (primary N) is 1. The number of ether oxygens (including phenoxy) is 2. The van der Waals surface area contributed by atoms with Crippen molar-refractivity contribution in [2.75, 3.05) is 12.8 Å². The van der Waals surface area contributed by atoms with Crippen LogP contribution in [0.1, 0.15) is 16.1 Å². The predicted molar refractivity (Wildman–Crippen MR) is 69.7 cm³/mol. The summed E-state index contributed by atoms with van der Waals surface area (Å²) in [6.45, 7) is 0.131. The Labute approximate surface area is 110 Å². The first-order chi connectivity index (χ1) is 9.10. The molecule has 1 aromatic carbocycles. The Kier molecular flexibility index (Phi) is 3.70. The SMILES string of the molecule is COc1ccc(C(=O)OCc2ccn(C)n2)cc1N. The summed E-state index contributed by atoms with van der Waals surface area (Å²) < 4.78 is 11.8. The second-order valence-corrected chi connectivity index (χ2v) is 4.01. The smallest absolute Gasteiger partial charge is 0.338 e. The number of aromatic nitrogens is 2. The van der Waals surface area contributed by atoms with Crippen LogP contribution in [-0.4, -0.2) is 22.9 Å². The number of nitrogen functional groups attached to an aromatic ring is 1. The lowest BCUT2D eigenvalue weighted by Crippen LogP contribution is -2.07. The molecule has 0 fully saturated rings. The number of rotatable bonds is 4. The number of benzene rings is 1. The van der Waals surface area contributed by atoms with Crippen molar-refractivity contribution in [3.63, 3.8) is 0 Å². The van der Waals surface area contributed by atoms with Crippen molar-refractivity contribution in [1.29, 1.82) is 0 Å². The highest BCUT2D eigenvalue weighted by molar-refractivity contribution is 5.91. The number of aryl methyl sites for hydroxylation is 1. The van der Waals surface area contributed by atoms with Crippen LogP contribution in [0.15, 0.2) is 30.5 Å². The maximum atomic E-state index is 11.8.